The Morgan fingerprint density at radius 2 is 0.855 bits per heavy atom. The molecule has 2 aliphatic heterocycles. The molecule has 2 unspecified atom stereocenters. The predicted octanol–water partition coefficient (Wildman–Crippen LogP) is 12.3. The lowest BCUT2D eigenvalue weighted by atomic mass is 9.97. The minimum absolute atomic E-state index is 0.101. The monoisotopic (exact) mass is 1190 g/mol. The van der Waals surface area contributed by atoms with Gasteiger partial charge < -0.3 is 64.2 Å². The number of hydrogen-bond acceptors (Lipinski definition) is 15. The van der Waals surface area contributed by atoms with E-state index in [1.54, 1.807) is 5.57 Å². The molecule has 2 rings (SSSR count). The van der Waals surface area contributed by atoms with Gasteiger partial charge in [0.15, 0.2) is 12.6 Å². The summed E-state index contributed by atoms with van der Waals surface area (Å²) in [4.78, 5) is 24.1. The summed E-state index contributed by atoms with van der Waals surface area (Å²) in [5.41, 5.74) is 13.1. The predicted molar refractivity (Wildman–Crippen MR) is 328 cm³/mol. The highest BCUT2D eigenvalue weighted by molar-refractivity contribution is 7.45. The van der Waals surface area contributed by atoms with Gasteiger partial charge in [-0.25, -0.2) is 0 Å². The van der Waals surface area contributed by atoms with E-state index in [-0.39, 0.29) is 12.5 Å². The molecule has 2 heterocycles. The number of carboxylic acids is 1. The molecule has 476 valence electrons. The lowest BCUT2D eigenvalue weighted by molar-refractivity contribution is -0.370. The average molecular weight is 1190 g/mol. The van der Waals surface area contributed by atoms with E-state index in [9.17, 15) is 50.0 Å². The van der Waals surface area contributed by atoms with Crippen molar-refractivity contribution in [1.82, 2.24) is 0 Å². The molecule has 2 saturated heterocycles. The van der Waals surface area contributed by atoms with Crippen LogP contribution in [0, 0.1) is 11.8 Å². The van der Waals surface area contributed by atoms with Crippen molar-refractivity contribution >= 4 is 13.8 Å². The van der Waals surface area contributed by atoms with Crippen molar-refractivity contribution in [2.75, 3.05) is 13.2 Å². The smallest absolute Gasteiger partial charge is 0.270 e. The summed E-state index contributed by atoms with van der Waals surface area (Å²) in [7, 11) is -5.11. The Hall–Kier alpha value is -3.12. The molecule has 0 spiro atoms. The third kappa shape index (κ3) is 33.0. The van der Waals surface area contributed by atoms with Crippen LogP contribution in [0.15, 0.2) is 105 Å². The summed E-state index contributed by atoms with van der Waals surface area (Å²) in [6, 6.07) is 0. The summed E-state index contributed by atoms with van der Waals surface area (Å²) < 4.78 is 38.3. The van der Waals surface area contributed by atoms with Crippen LogP contribution in [0.3, 0.4) is 0 Å². The Morgan fingerprint density at radius 1 is 0.494 bits per heavy atom. The minimum atomic E-state index is -5.11. The van der Waals surface area contributed by atoms with E-state index < -0.39 is 81.8 Å². The number of aliphatic hydroxyl groups excluding tert-OH is 6. The fourth-order valence-corrected chi connectivity index (χ4v) is 10.8. The number of carboxylic acid groups (broad SMARTS) is 1. The largest absolute Gasteiger partial charge is 0.756 e. The van der Waals surface area contributed by atoms with Gasteiger partial charge in [-0.3, -0.25) is 9.09 Å². The van der Waals surface area contributed by atoms with E-state index in [1.165, 1.54) is 70.3 Å². The maximum atomic E-state index is 12.7. The molecule has 12 atom stereocenters. The van der Waals surface area contributed by atoms with Gasteiger partial charge >= 0.3 is 0 Å². The fourth-order valence-electron chi connectivity index (χ4n) is 9.98. The Morgan fingerprint density at radius 3 is 1.22 bits per heavy atom. The number of carbonyl (C=O) groups is 1. The van der Waals surface area contributed by atoms with Gasteiger partial charge in [-0.2, -0.15) is 0 Å². The number of aliphatic hydroxyl groups is 6. The Balaban J connectivity index is 1.60. The first-order valence-corrected chi connectivity index (χ1v) is 32.4. The third-order valence-corrected chi connectivity index (χ3v) is 16.7. The van der Waals surface area contributed by atoms with Crippen LogP contribution in [0.25, 0.3) is 0 Å². The van der Waals surface area contributed by atoms with Crippen molar-refractivity contribution in [2.45, 2.75) is 286 Å². The molecule has 0 aromatic rings. The van der Waals surface area contributed by atoms with Gasteiger partial charge in [0.2, 0.25) is 0 Å². The maximum absolute atomic E-state index is 12.7. The Kier molecular flexibility index (Phi) is 38.3. The lowest BCUT2D eigenvalue weighted by Crippen LogP contribution is -2.66. The number of phosphoric ester groups is 1. The fraction of sp³-hybridized carbons (Fsp3) is 0.716. The number of aliphatic carboxylic acids is 1. The molecule has 83 heavy (non-hydrogen) atoms. The molecular formula is C67H111O15P-2. The zero-order valence-corrected chi connectivity index (χ0v) is 53.8. The molecule has 16 heteroatoms. The summed E-state index contributed by atoms with van der Waals surface area (Å²) >= 11 is 0. The number of hydrogen-bond donors (Lipinski definition) is 6. The first-order valence-electron chi connectivity index (χ1n) is 31.0. The SMILES string of the molecule is C/C(=C/CC/C(C)=C\CC/C(C)=C\CC/C(C)=C\CCC(C)CCOP(=O)([O-])O[C@H]1O[C@H](CO)[C@@H](O[C@@H]2O[C@H](C(=O)[O-])[C@@H](O)[C@H](O)[C@H]2O)[C@H](O)[C@H]1O)CC/C=C(/C)CC/C=C(/C)CC/C=C(/C)CC/C=C(\C)CC/C=C(\C)CCCC(C)C. The molecule has 0 aliphatic carbocycles. The summed E-state index contributed by atoms with van der Waals surface area (Å²) in [6.45, 7) is 25.7. The number of carbonyl (C=O) groups excluding carboxylic acids is 1. The van der Waals surface area contributed by atoms with E-state index in [1.807, 2.05) is 6.92 Å². The molecule has 6 N–H and O–H groups in total. The molecule has 0 saturated carbocycles. The summed E-state index contributed by atoms with van der Waals surface area (Å²) in [5.74, 6) is -1.03. The van der Waals surface area contributed by atoms with Crippen LogP contribution >= 0.6 is 7.82 Å². The van der Waals surface area contributed by atoms with Crippen LogP contribution in [-0.2, 0) is 32.6 Å². The van der Waals surface area contributed by atoms with Gasteiger partial charge in [0.25, 0.3) is 7.82 Å². The second-order valence-corrected chi connectivity index (χ2v) is 25.8. The molecule has 2 fully saturated rings. The number of ether oxygens (including phenoxy) is 3. The molecule has 0 aromatic carbocycles. The van der Waals surface area contributed by atoms with Crippen LogP contribution < -0.4 is 10.00 Å². The Bertz CT molecular complexity index is 2220. The van der Waals surface area contributed by atoms with Crippen molar-refractivity contribution in [2.24, 2.45) is 11.8 Å². The van der Waals surface area contributed by atoms with Crippen LogP contribution in [0.5, 0.6) is 0 Å². The van der Waals surface area contributed by atoms with Crippen LogP contribution in [0.2, 0.25) is 0 Å². The first kappa shape index (κ1) is 76.0. The second kappa shape index (κ2) is 41.9. The van der Waals surface area contributed by atoms with Crippen molar-refractivity contribution < 1.29 is 73.3 Å². The van der Waals surface area contributed by atoms with Gasteiger partial charge in [0.05, 0.1) is 19.2 Å². The molecule has 0 bridgehead atoms. The van der Waals surface area contributed by atoms with Gasteiger partial charge in [0, 0.05) is 0 Å². The van der Waals surface area contributed by atoms with Crippen LogP contribution in [-0.4, -0.2) is 111 Å². The van der Waals surface area contributed by atoms with Crippen LogP contribution in [0.4, 0.5) is 0 Å². The van der Waals surface area contributed by atoms with Gasteiger partial charge in [-0.1, -0.05) is 132 Å². The highest BCUT2D eigenvalue weighted by Gasteiger charge is 2.51. The summed E-state index contributed by atoms with van der Waals surface area (Å²) in [5, 5.41) is 72.9. The van der Waals surface area contributed by atoms with E-state index in [0.717, 1.165) is 115 Å². The average Bonchev–Trinajstić information content (AvgIpc) is 3.56. The minimum Gasteiger partial charge on any atom is -0.756 e. The standard InChI is InChI=1S/C67H113O15P/c1-46(2)23-13-24-47(3)25-14-26-48(4)27-15-28-49(5)29-16-30-50(6)31-17-32-51(7)33-18-34-52(8)35-19-36-53(9)37-20-38-54(10)39-21-40-55(11)41-22-42-56(12)43-44-78-83(76,77)82-67-62(73)60(71)63(57(45-68)79-67)80-66-61(72)58(69)59(70)64(81-66)65(74)75/h25,27,29,31,33,35,37,39,41,46,56-64,66-73H,13-24,26,28,30,32,34,36,38,40,42-45H2,1-12H3,(H,74,75)(H,76,77)/p-2/b47-25+,48-27+,49-29-,50-31-,51-33-,52-35-,53-37-,54-39-,55-41-/t56?,57-,58+,59+,60-,61-,62-,63-,64+,66-,67-/m1/s1. The lowest BCUT2D eigenvalue weighted by Gasteiger charge is -2.46. The molecule has 0 aromatic heterocycles. The normalized spacial score (nSPS) is 26.2. The van der Waals surface area contributed by atoms with E-state index in [4.69, 9.17) is 23.3 Å². The van der Waals surface area contributed by atoms with Gasteiger partial charge in [-0.05, 0) is 209 Å². The second-order valence-electron chi connectivity index (χ2n) is 24.4. The maximum Gasteiger partial charge on any atom is 0.270 e. The number of phosphoric acid groups is 1. The van der Waals surface area contributed by atoms with Gasteiger partial charge in [-0.15, -0.1) is 0 Å². The zero-order valence-electron chi connectivity index (χ0n) is 52.9. The molecule has 0 amide bonds. The van der Waals surface area contributed by atoms with E-state index >= 15 is 0 Å². The summed E-state index contributed by atoms with van der Waals surface area (Å²) in [6.07, 6.45) is 25.0. The molecule has 15 nitrogen and oxygen atoms in total. The van der Waals surface area contributed by atoms with Crippen molar-refractivity contribution in [1.29, 1.82) is 0 Å². The number of rotatable bonds is 41. The van der Waals surface area contributed by atoms with Crippen molar-refractivity contribution in [3.8, 4) is 0 Å². The highest BCUT2D eigenvalue weighted by atomic mass is 31.2. The highest BCUT2D eigenvalue weighted by Crippen LogP contribution is 2.43. The molecular weight excluding hydrogens is 1080 g/mol. The zero-order chi connectivity index (χ0) is 62.1. The first-order chi connectivity index (χ1) is 39.2. The molecule has 0 radical (unpaired) electrons. The quantitative estimate of drug-likeness (QED) is 0.0246. The van der Waals surface area contributed by atoms with E-state index in [2.05, 4.69) is 131 Å². The third-order valence-electron chi connectivity index (χ3n) is 15.8. The van der Waals surface area contributed by atoms with Crippen molar-refractivity contribution in [3.63, 3.8) is 0 Å². The Labute approximate surface area is 500 Å². The number of allylic oxidation sites excluding steroid dienone is 18. The van der Waals surface area contributed by atoms with Gasteiger partial charge in [0.1, 0.15) is 48.8 Å². The molecule has 2 aliphatic rings. The van der Waals surface area contributed by atoms with Crippen LogP contribution in [0.1, 0.15) is 224 Å². The topological polar surface area (TPSA) is 248 Å². The van der Waals surface area contributed by atoms with E-state index in [0.29, 0.717) is 6.42 Å². The van der Waals surface area contributed by atoms with Crippen molar-refractivity contribution in [3.05, 3.63) is 105 Å².